The van der Waals surface area contributed by atoms with Gasteiger partial charge in [-0.15, -0.1) is 0 Å². The summed E-state index contributed by atoms with van der Waals surface area (Å²) in [5, 5.41) is 17.0. The van der Waals surface area contributed by atoms with Crippen LogP contribution in [0.1, 0.15) is 37.0 Å². The number of nitrogens with zero attached hydrogens (tertiary/aromatic N) is 3. The minimum absolute atomic E-state index is 0.147. The van der Waals surface area contributed by atoms with Crippen LogP contribution in [0.15, 0.2) is 33.6 Å². The van der Waals surface area contributed by atoms with E-state index >= 15 is 0 Å². The Labute approximate surface area is 186 Å². The topological polar surface area (TPSA) is 121 Å². The van der Waals surface area contributed by atoms with Gasteiger partial charge in [-0.05, 0) is 43.5 Å². The molecule has 0 aliphatic rings. The van der Waals surface area contributed by atoms with Crippen molar-refractivity contribution in [2.75, 3.05) is 24.7 Å². The van der Waals surface area contributed by atoms with E-state index in [-0.39, 0.29) is 28.3 Å². The van der Waals surface area contributed by atoms with Crippen LogP contribution in [0.2, 0.25) is 0 Å². The molecular formula is C20H27N5O4S2. The largest absolute Gasteiger partial charge is 0.504 e. The van der Waals surface area contributed by atoms with Gasteiger partial charge in [-0.2, -0.15) is 8.75 Å². The maximum Gasteiger partial charge on any atom is 0.246 e. The van der Waals surface area contributed by atoms with Gasteiger partial charge in [0.2, 0.25) is 10.0 Å². The van der Waals surface area contributed by atoms with Crippen LogP contribution >= 0.6 is 11.7 Å². The molecule has 2 aromatic heterocycles. The summed E-state index contributed by atoms with van der Waals surface area (Å²) < 4.78 is 40.5. The Bertz CT molecular complexity index is 1150. The molecule has 3 rings (SSSR count). The number of para-hydroxylation sites is 1. The van der Waals surface area contributed by atoms with E-state index in [1.165, 1.54) is 20.2 Å². The number of nitrogens with one attached hydrogen (secondary N) is 2. The Balaban J connectivity index is 1.91. The van der Waals surface area contributed by atoms with Crippen LogP contribution in [0, 0.1) is 19.8 Å². The monoisotopic (exact) mass is 465 g/mol. The van der Waals surface area contributed by atoms with E-state index in [4.69, 9.17) is 4.42 Å². The molecule has 0 radical (unpaired) electrons. The molecule has 0 bridgehead atoms. The summed E-state index contributed by atoms with van der Waals surface area (Å²) in [6.07, 6.45) is 0. The zero-order chi connectivity index (χ0) is 22.9. The molecule has 3 aromatic rings. The second-order valence-corrected chi connectivity index (χ2v) is 10.4. The highest BCUT2D eigenvalue weighted by molar-refractivity contribution is 7.89. The van der Waals surface area contributed by atoms with E-state index < -0.39 is 10.0 Å². The summed E-state index contributed by atoms with van der Waals surface area (Å²) in [7, 11) is -0.989. The fourth-order valence-corrected chi connectivity index (χ4v) is 4.46. The van der Waals surface area contributed by atoms with Crippen molar-refractivity contribution < 1.29 is 17.9 Å². The Morgan fingerprint density at radius 1 is 1.16 bits per heavy atom. The van der Waals surface area contributed by atoms with Crippen molar-refractivity contribution in [3.8, 4) is 5.75 Å². The molecule has 168 valence electrons. The molecule has 1 atom stereocenters. The number of phenols is 1. The lowest BCUT2D eigenvalue weighted by Gasteiger charge is -2.21. The van der Waals surface area contributed by atoms with Crippen molar-refractivity contribution in [3.63, 3.8) is 0 Å². The lowest BCUT2D eigenvalue weighted by molar-refractivity contribution is 0.408. The lowest BCUT2D eigenvalue weighted by atomic mass is 10.0. The normalized spacial score (nSPS) is 13.0. The molecular weight excluding hydrogens is 438 g/mol. The van der Waals surface area contributed by atoms with Crippen molar-refractivity contribution in [3.05, 3.63) is 41.3 Å². The standard InChI is InChI=1S/C20H27N5O4S2/c1-11(2)17(15-10-12(3)13(4)29-15)22-20-19(23-30-24-20)21-14-8-7-9-16(18(14)26)31(27,28)25(5)6/h7-11,17,26H,1-6H3,(H,21,23)(H,22,24)/t17-/m1/s1. The van der Waals surface area contributed by atoms with Gasteiger partial charge in [-0.25, -0.2) is 12.7 Å². The zero-order valence-corrected chi connectivity index (χ0v) is 19.9. The molecule has 11 heteroatoms. The highest BCUT2D eigenvalue weighted by Crippen LogP contribution is 2.37. The van der Waals surface area contributed by atoms with Crippen molar-refractivity contribution in [2.24, 2.45) is 5.92 Å². The molecule has 1 aromatic carbocycles. The van der Waals surface area contributed by atoms with E-state index in [2.05, 4.69) is 33.2 Å². The molecule has 0 spiro atoms. The number of hydrogen-bond acceptors (Lipinski definition) is 9. The average Bonchev–Trinajstić information content (AvgIpc) is 3.26. The average molecular weight is 466 g/mol. The van der Waals surface area contributed by atoms with Crippen LogP contribution < -0.4 is 10.6 Å². The first-order valence-electron chi connectivity index (χ1n) is 9.70. The highest BCUT2D eigenvalue weighted by Gasteiger charge is 2.25. The van der Waals surface area contributed by atoms with E-state index in [1.807, 2.05) is 19.9 Å². The van der Waals surface area contributed by atoms with Gasteiger partial charge in [0.1, 0.15) is 16.4 Å². The Hall–Kier alpha value is -2.63. The molecule has 0 unspecified atom stereocenters. The molecule has 0 saturated carbocycles. The molecule has 3 N–H and O–H groups in total. The number of aryl methyl sites for hydroxylation is 2. The van der Waals surface area contributed by atoms with Crippen LogP contribution in [0.5, 0.6) is 5.75 Å². The van der Waals surface area contributed by atoms with Crippen LogP contribution in [0.3, 0.4) is 0 Å². The molecule has 0 aliphatic heterocycles. The minimum atomic E-state index is -3.81. The van der Waals surface area contributed by atoms with Gasteiger partial charge in [0.05, 0.1) is 23.5 Å². The number of aromatic hydroxyl groups is 1. The fraction of sp³-hybridized carbons (Fsp3) is 0.400. The number of phenolic OH excluding ortho intramolecular Hbond substituents is 1. The van der Waals surface area contributed by atoms with Crippen molar-refractivity contribution in [1.82, 2.24) is 13.1 Å². The van der Waals surface area contributed by atoms with Gasteiger partial charge in [0, 0.05) is 14.1 Å². The van der Waals surface area contributed by atoms with Crippen LogP contribution in [0.25, 0.3) is 0 Å². The molecule has 2 heterocycles. The summed E-state index contributed by atoms with van der Waals surface area (Å²) in [4.78, 5) is -0.193. The van der Waals surface area contributed by atoms with E-state index in [9.17, 15) is 13.5 Å². The lowest BCUT2D eigenvalue weighted by Crippen LogP contribution is -2.22. The third-order valence-corrected chi connectivity index (χ3v) is 7.32. The SMILES string of the molecule is Cc1cc([C@H](Nc2nsnc2Nc2cccc(S(=O)(=O)N(C)C)c2O)C(C)C)oc1C. The molecule has 9 nitrogen and oxygen atoms in total. The number of sulfonamides is 1. The smallest absolute Gasteiger partial charge is 0.246 e. The van der Waals surface area contributed by atoms with Gasteiger partial charge in [-0.3, -0.25) is 0 Å². The van der Waals surface area contributed by atoms with Crippen molar-refractivity contribution in [1.29, 1.82) is 0 Å². The second-order valence-electron chi connectivity index (χ2n) is 7.78. The number of aromatic nitrogens is 2. The number of furan rings is 1. The van der Waals surface area contributed by atoms with Crippen LogP contribution in [0.4, 0.5) is 17.3 Å². The third kappa shape index (κ3) is 4.68. The summed E-state index contributed by atoms with van der Waals surface area (Å²) in [5.41, 5.74) is 1.28. The quantitative estimate of drug-likeness (QED) is 0.422. The van der Waals surface area contributed by atoms with E-state index in [0.717, 1.165) is 33.1 Å². The molecule has 0 saturated heterocycles. The molecule has 0 aliphatic carbocycles. The predicted octanol–water partition coefficient (Wildman–Crippen LogP) is 4.26. The minimum Gasteiger partial charge on any atom is -0.504 e. The van der Waals surface area contributed by atoms with Crippen LogP contribution in [-0.2, 0) is 10.0 Å². The maximum atomic E-state index is 12.5. The van der Waals surface area contributed by atoms with Crippen molar-refractivity contribution in [2.45, 2.75) is 38.6 Å². The predicted molar refractivity (Wildman–Crippen MR) is 122 cm³/mol. The summed E-state index contributed by atoms with van der Waals surface area (Å²) in [5.74, 6) is 2.34. The van der Waals surface area contributed by atoms with Crippen molar-refractivity contribution >= 4 is 39.1 Å². The summed E-state index contributed by atoms with van der Waals surface area (Å²) >= 11 is 0.999. The first-order chi connectivity index (χ1) is 14.5. The molecule has 0 fully saturated rings. The van der Waals surface area contributed by atoms with Gasteiger partial charge in [0.15, 0.2) is 17.4 Å². The van der Waals surface area contributed by atoms with E-state index in [0.29, 0.717) is 11.6 Å². The molecule has 0 amide bonds. The second kappa shape index (κ2) is 8.85. The number of anilines is 3. The highest BCUT2D eigenvalue weighted by atomic mass is 32.2. The summed E-state index contributed by atoms with van der Waals surface area (Å²) in [6, 6.07) is 6.33. The molecule has 31 heavy (non-hydrogen) atoms. The van der Waals surface area contributed by atoms with E-state index in [1.54, 1.807) is 12.1 Å². The van der Waals surface area contributed by atoms with Gasteiger partial charge in [0.25, 0.3) is 0 Å². The number of benzene rings is 1. The van der Waals surface area contributed by atoms with Gasteiger partial charge >= 0.3 is 0 Å². The first-order valence-corrected chi connectivity index (χ1v) is 11.9. The third-order valence-electron chi connectivity index (χ3n) is 4.95. The van der Waals surface area contributed by atoms with Gasteiger partial charge < -0.3 is 20.2 Å². The summed E-state index contributed by atoms with van der Waals surface area (Å²) in [6.45, 7) is 8.05. The first kappa shape index (κ1) is 23.0. The fourth-order valence-electron chi connectivity index (χ4n) is 2.99. The Morgan fingerprint density at radius 3 is 2.42 bits per heavy atom. The van der Waals surface area contributed by atoms with Gasteiger partial charge in [-0.1, -0.05) is 19.9 Å². The number of rotatable bonds is 8. The number of hydrogen-bond donors (Lipinski definition) is 3. The Morgan fingerprint density at radius 2 is 1.84 bits per heavy atom. The Kier molecular flexibility index (Phi) is 6.58. The zero-order valence-electron chi connectivity index (χ0n) is 18.3. The van der Waals surface area contributed by atoms with Crippen LogP contribution in [-0.4, -0.2) is 40.7 Å². The maximum absolute atomic E-state index is 12.5.